The summed E-state index contributed by atoms with van der Waals surface area (Å²) in [6.45, 7) is -0.905. The maximum absolute atomic E-state index is 12.9. The van der Waals surface area contributed by atoms with Crippen molar-refractivity contribution in [1.29, 1.82) is 0 Å². The van der Waals surface area contributed by atoms with E-state index in [2.05, 4.69) is 5.32 Å². The topological polar surface area (TPSA) is 92.8 Å². The fourth-order valence-electron chi connectivity index (χ4n) is 3.56. The molecule has 1 heterocycles. The number of alkyl halides is 3. The van der Waals surface area contributed by atoms with Crippen LogP contribution in [0, 0.1) is 0 Å². The standard InChI is InChI=1S/C25H15Cl2F3N2O5/c26-18-4-2-1-3-14(18)11-32-22(34)16-7-5-13(9-17(16)23(32)35)24(36)37-12-21(33)31-20-10-15(25(28,29)30)6-8-19(20)27/h1-10H,11-12H2,(H,31,33). The first-order valence-corrected chi connectivity index (χ1v) is 11.3. The van der Waals surface area contributed by atoms with E-state index < -0.39 is 42.0 Å². The zero-order chi connectivity index (χ0) is 26.9. The summed E-state index contributed by atoms with van der Waals surface area (Å²) in [5, 5.41) is 2.39. The molecule has 0 unspecified atom stereocenters. The molecule has 0 fully saturated rings. The Labute approximate surface area is 217 Å². The second-order valence-corrected chi connectivity index (χ2v) is 8.68. The van der Waals surface area contributed by atoms with E-state index in [1.165, 1.54) is 18.2 Å². The number of hydrogen-bond donors (Lipinski definition) is 1. The number of anilines is 1. The van der Waals surface area contributed by atoms with E-state index in [4.69, 9.17) is 27.9 Å². The van der Waals surface area contributed by atoms with Crippen LogP contribution in [-0.2, 0) is 22.3 Å². The van der Waals surface area contributed by atoms with Crippen LogP contribution < -0.4 is 5.32 Å². The number of imide groups is 1. The molecule has 0 aliphatic carbocycles. The van der Waals surface area contributed by atoms with Gasteiger partial charge in [0, 0.05) is 5.02 Å². The molecule has 37 heavy (non-hydrogen) atoms. The highest BCUT2D eigenvalue weighted by Gasteiger charge is 2.36. The summed E-state index contributed by atoms with van der Waals surface area (Å²) >= 11 is 12.0. The zero-order valence-electron chi connectivity index (χ0n) is 18.6. The fraction of sp³-hybridized carbons (Fsp3) is 0.120. The average molecular weight is 551 g/mol. The van der Waals surface area contributed by atoms with Crippen LogP contribution >= 0.6 is 23.2 Å². The van der Waals surface area contributed by atoms with Crippen molar-refractivity contribution in [2.45, 2.75) is 12.7 Å². The minimum Gasteiger partial charge on any atom is -0.452 e. The van der Waals surface area contributed by atoms with Crippen LogP contribution in [-0.4, -0.2) is 35.2 Å². The lowest BCUT2D eigenvalue weighted by Crippen LogP contribution is -2.29. The number of halogens is 5. The molecule has 0 radical (unpaired) electrons. The Morgan fingerprint density at radius 3 is 2.30 bits per heavy atom. The van der Waals surface area contributed by atoms with Crippen molar-refractivity contribution in [3.05, 3.63) is 98.5 Å². The Balaban J connectivity index is 1.42. The van der Waals surface area contributed by atoms with Crippen LogP contribution in [0.4, 0.5) is 18.9 Å². The predicted molar refractivity (Wildman–Crippen MR) is 127 cm³/mol. The van der Waals surface area contributed by atoms with Crippen molar-refractivity contribution >= 4 is 52.6 Å². The highest BCUT2D eigenvalue weighted by molar-refractivity contribution is 6.33. The van der Waals surface area contributed by atoms with Gasteiger partial charge in [0.25, 0.3) is 17.7 Å². The van der Waals surface area contributed by atoms with Gasteiger partial charge in [-0.2, -0.15) is 13.2 Å². The monoisotopic (exact) mass is 550 g/mol. The van der Waals surface area contributed by atoms with Gasteiger partial charge >= 0.3 is 12.1 Å². The zero-order valence-corrected chi connectivity index (χ0v) is 20.1. The summed E-state index contributed by atoms with van der Waals surface area (Å²) in [5.74, 6) is -3.12. The van der Waals surface area contributed by atoms with Gasteiger partial charge in [0.15, 0.2) is 6.61 Å². The summed E-state index contributed by atoms with van der Waals surface area (Å²) in [5.41, 5.74) is -0.810. The Bertz CT molecular complexity index is 1440. The molecule has 3 aromatic carbocycles. The quantitative estimate of drug-likeness (QED) is 0.318. The predicted octanol–water partition coefficient (Wildman–Crippen LogP) is 5.60. The number of amides is 3. The molecule has 1 aliphatic heterocycles. The van der Waals surface area contributed by atoms with Gasteiger partial charge in [0.05, 0.1) is 39.5 Å². The second kappa shape index (κ2) is 10.2. The number of ether oxygens (including phenoxy) is 1. The van der Waals surface area contributed by atoms with Crippen LogP contribution in [0.15, 0.2) is 60.7 Å². The highest BCUT2D eigenvalue weighted by Crippen LogP contribution is 2.34. The van der Waals surface area contributed by atoms with Gasteiger partial charge in [-0.3, -0.25) is 19.3 Å². The molecule has 0 bridgehead atoms. The molecule has 0 spiro atoms. The highest BCUT2D eigenvalue weighted by atomic mass is 35.5. The summed E-state index contributed by atoms with van der Waals surface area (Å²) in [7, 11) is 0. The third kappa shape index (κ3) is 5.60. The average Bonchev–Trinajstić information content (AvgIpc) is 3.08. The van der Waals surface area contributed by atoms with Crippen LogP contribution in [0.1, 0.15) is 42.2 Å². The minimum absolute atomic E-state index is 0.0216. The molecule has 4 rings (SSSR count). The lowest BCUT2D eigenvalue weighted by molar-refractivity contribution is -0.137. The molecule has 0 saturated carbocycles. The molecule has 1 aliphatic rings. The smallest absolute Gasteiger partial charge is 0.416 e. The largest absolute Gasteiger partial charge is 0.452 e. The lowest BCUT2D eigenvalue weighted by Gasteiger charge is -2.14. The van der Waals surface area contributed by atoms with Crippen molar-refractivity contribution in [1.82, 2.24) is 4.90 Å². The van der Waals surface area contributed by atoms with Crippen LogP contribution in [0.3, 0.4) is 0 Å². The van der Waals surface area contributed by atoms with E-state index >= 15 is 0 Å². The number of hydrogen-bond acceptors (Lipinski definition) is 5. The number of fused-ring (bicyclic) bond motifs is 1. The second-order valence-electron chi connectivity index (χ2n) is 7.86. The van der Waals surface area contributed by atoms with Crippen molar-refractivity contribution in [2.75, 3.05) is 11.9 Å². The van der Waals surface area contributed by atoms with E-state index in [1.54, 1.807) is 24.3 Å². The molecule has 3 aromatic rings. The van der Waals surface area contributed by atoms with Crippen molar-refractivity contribution in [2.24, 2.45) is 0 Å². The maximum atomic E-state index is 12.9. The van der Waals surface area contributed by atoms with E-state index in [9.17, 15) is 32.3 Å². The van der Waals surface area contributed by atoms with Gasteiger partial charge < -0.3 is 10.1 Å². The van der Waals surface area contributed by atoms with Crippen LogP contribution in [0.2, 0.25) is 10.0 Å². The number of esters is 1. The summed E-state index contributed by atoms with van der Waals surface area (Å²) < 4.78 is 43.6. The Hall–Kier alpha value is -3.89. The number of nitrogens with zero attached hydrogens (tertiary/aromatic N) is 1. The third-order valence-corrected chi connectivity index (χ3v) is 6.09. The van der Waals surface area contributed by atoms with Crippen molar-refractivity contribution in [3.63, 3.8) is 0 Å². The Kier molecular flexibility index (Phi) is 7.24. The van der Waals surface area contributed by atoms with Crippen LogP contribution in [0.5, 0.6) is 0 Å². The molecular formula is C25H15Cl2F3N2O5. The molecular weight excluding hydrogens is 536 g/mol. The molecule has 3 amide bonds. The number of carbonyl (C=O) groups is 4. The summed E-state index contributed by atoms with van der Waals surface area (Å²) in [6, 6.07) is 12.8. The fourth-order valence-corrected chi connectivity index (χ4v) is 3.92. The first-order valence-electron chi connectivity index (χ1n) is 10.5. The lowest BCUT2D eigenvalue weighted by atomic mass is 10.1. The molecule has 1 N–H and O–H groups in total. The maximum Gasteiger partial charge on any atom is 0.416 e. The van der Waals surface area contributed by atoms with Gasteiger partial charge in [0.1, 0.15) is 0 Å². The summed E-state index contributed by atoms with van der Waals surface area (Å²) in [6.07, 6.45) is -4.65. The summed E-state index contributed by atoms with van der Waals surface area (Å²) in [4.78, 5) is 51.2. The SMILES string of the molecule is O=C(COC(=O)c1ccc2c(c1)C(=O)N(Cc1ccccc1Cl)C2=O)Nc1cc(C(F)(F)F)ccc1Cl. The van der Waals surface area contributed by atoms with Gasteiger partial charge in [-0.1, -0.05) is 41.4 Å². The van der Waals surface area contributed by atoms with Crippen molar-refractivity contribution in [3.8, 4) is 0 Å². The van der Waals surface area contributed by atoms with Crippen molar-refractivity contribution < 1.29 is 37.1 Å². The van der Waals surface area contributed by atoms with Crippen LogP contribution in [0.25, 0.3) is 0 Å². The molecule has 0 aromatic heterocycles. The molecule has 0 saturated heterocycles. The Morgan fingerprint density at radius 2 is 1.59 bits per heavy atom. The number of carbonyl (C=O) groups excluding carboxylic acids is 4. The minimum atomic E-state index is -4.65. The van der Waals surface area contributed by atoms with Gasteiger partial charge in [-0.25, -0.2) is 4.79 Å². The number of nitrogens with one attached hydrogen (secondary N) is 1. The molecule has 0 atom stereocenters. The normalized spacial score (nSPS) is 12.9. The van der Waals surface area contributed by atoms with Gasteiger partial charge in [-0.15, -0.1) is 0 Å². The van der Waals surface area contributed by atoms with Gasteiger partial charge in [0.2, 0.25) is 0 Å². The van der Waals surface area contributed by atoms with E-state index in [-0.39, 0.29) is 33.9 Å². The first-order chi connectivity index (χ1) is 17.5. The van der Waals surface area contributed by atoms with E-state index in [0.29, 0.717) is 16.7 Å². The van der Waals surface area contributed by atoms with E-state index in [0.717, 1.165) is 17.0 Å². The first kappa shape index (κ1) is 26.2. The molecule has 12 heteroatoms. The molecule has 190 valence electrons. The third-order valence-electron chi connectivity index (χ3n) is 5.39. The van der Waals surface area contributed by atoms with Gasteiger partial charge in [-0.05, 0) is 48.0 Å². The Morgan fingerprint density at radius 1 is 0.892 bits per heavy atom. The molecule has 7 nitrogen and oxygen atoms in total. The number of rotatable bonds is 6. The van der Waals surface area contributed by atoms with E-state index in [1.807, 2.05) is 0 Å². The number of benzene rings is 3.